The van der Waals surface area contributed by atoms with Gasteiger partial charge in [-0.05, 0) is 79.6 Å². The maximum Gasteiger partial charge on any atom is 0.285 e. The Balaban J connectivity index is 1.70. The zero-order valence-corrected chi connectivity index (χ0v) is 21.8. The molecule has 1 heterocycles. The quantitative estimate of drug-likeness (QED) is 0.258. The monoisotopic (exact) mass is 574 g/mol. The van der Waals surface area contributed by atoms with Crippen LogP contribution in [0.15, 0.2) is 80.3 Å². The lowest BCUT2D eigenvalue weighted by atomic mass is 10.1. The third-order valence-electron chi connectivity index (χ3n) is 5.43. The molecule has 0 saturated carbocycles. The summed E-state index contributed by atoms with van der Waals surface area (Å²) in [7, 11) is -4.13. The normalized spacial score (nSPS) is 11.9. The maximum absolute atomic E-state index is 13.5. The highest BCUT2D eigenvalue weighted by Gasteiger charge is 2.27. The third kappa shape index (κ3) is 5.24. The number of carbonyl (C=O) groups is 1. The number of fused-ring (bicyclic) bond motifs is 1. The second kappa shape index (κ2) is 9.80. The lowest BCUT2D eigenvalue weighted by molar-refractivity contribution is -0.116. The van der Waals surface area contributed by atoms with Crippen molar-refractivity contribution in [3.63, 3.8) is 0 Å². The molecule has 0 unspecified atom stereocenters. The van der Waals surface area contributed by atoms with Crippen molar-refractivity contribution < 1.29 is 18.3 Å². The summed E-state index contributed by atoms with van der Waals surface area (Å²) in [5.41, 5.74) is 2.83. The number of aromatic nitrogens is 1. The van der Waals surface area contributed by atoms with Gasteiger partial charge >= 0.3 is 0 Å². The highest BCUT2D eigenvalue weighted by Crippen LogP contribution is 2.37. The van der Waals surface area contributed by atoms with Crippen molar-refractivity contribution >= 4 is 65.7 Å². The van der Waals surface area contributed by atoms with Gasteiger partial charge in [0.2, 0.25) is 5.88 Å². The molecule has 0 saturated heterocycles. The molecule has 1 aromatic heterocycles. The Hall–Kier alpha value is -3.21. The first-order valence-corrected chi connectivity index (χ1v) is 13.0. The van der Waals surface area contributed by atoms with E-state index in [0.29, 0.717) is 21.6 Å². The van der Waals surface area contributed by atoms with Crippen LogP contribution >= 0.6 is 27.5 Å². The zero-order chi connectivity index (χ0) is 25.3. The number of halogens is 2. The minimum absolute atomic E-state index is 0.0241. The number of hydrogen-bond acceptors (Lipinski definition) is 5. The van der Waals surface area contributed by atoms with Gasteiger partial charge in [-0.3, -0.25) is 9.10 Å². The first-order chi connectivity index (χ1) is 16.6. The summed E-state index contributed by atoms with van der Waals surface area (Å²) in [6, 6.07) is 16.0. The molecular weight excluding hydrogens is 556 g/mol. The van der Waals surface area contributed by atoms with Crippen LogP contribution in [0.1, 0.15) is 11.1 Å². The van der Waals surface area contributed by atoms with Crippen molar-refractivity contribution in [2.75, 3.05) is 10.8 Å². The topological polar surface area (TPSA) is 115 Å². The standard InChI is InChI=1S/C24H20BrClN4O4S/c1-14-3-7-18(11-15(14)2)30(35(33,34)19-8-5-17(26)6-9-19)13-22(31)28-29-23-20-12-16(25)4-10-21(20)27-24(23)32/h3-12,27,32H,13H2,1-2H3. The molecule has 0 aliphatic heterocycles. The molecule has 35 heavy (non-hydrogen) atoms. The lowest BCUT2D eigenvalue weighted by Gasteiger charge is -2.23. The Kier molecular flexibility index (Phi) is 6.98. The van der Waals surface area contributed by atoms with Gasteiger partial charge in [-0.1, -0.05) is 33.6 Å². The van der Waals surface area contributed by atoms with Gasteiger partial charge in [-0.2, -0.15) is 0 Å². The average molecular weight is 576 g/mol. The summed E-state index contributed by atoms with van der Waals surface area (Å²) in [6.07, 6.45) is 0. The summed E-state index contributed by atoms with van der Waals surface area (Å²) in [4.78, 5) is 15.6. The first-order valence-electron chi connectivity index (χ1n) is 10.4. The number of benzene rings is 3. The number of hydrogen-bond donors (Lipinski definition) is 2. The summed E-state index contributed by atoms with van der Waals surface area (Å²) in [6.45, 7) is 3.16. The fraction of sp³-hybridized carbons (Fsp3) is 0.125. The molecule has 0 aliphatic rings. The molecule has 0 spiro atoms. The molecule has 1 amide bonds. The highest BCUT2D eigenvalue weighted by atomic mass is 79.9. The molecular formula is C24H20BrClN4O4S. The number of H-pyrrole nitrogens is 1. The van der Waals surface area contributed by atoms with Gasteiger partial charge in [0, 0.05) is 14.9 Å². The molecule has 8 nitrogen and oxygen atoms in total. The van der Waals surface area contributed by atoms with Gasteiger partial charge in [-0.15, -0.1) is 10.2 Å². The lowest BCUT2D eigenvalue weighted by Crippen LogP contribution is -2.35. The molecule has 180 valence electrons. The van der Waals surface area contributed by atoms with Gasteiger partial charge in [0.15, 0.2) is 5.69 Å². The second-order valence-electron chi connectivity index (χ2n) is 7.84. The summed E-state index contributed by atoms with van der Waals surface area (Å²) in [5, 5.41) is 18.7. The van der Waals surface area contributed by atoms with E-state index in [4.69, 9.17) is 11.6 Å². The smallest absolute Gasteiger partial charge is 0.285 e. The molecule has 4 aromatic rings. The number of rotatable bonds is 6. The van der Waals surface area contributed by atoms with Crippen LogP contribution in [0, 0.1) is 13.8 Å². The second-order valence-corrected chi connectivity index (χ2v) is 11.1. The number of sulfonamides is 1. The van der Waals surface area contributed by atoms with Gasteiger partial charge in [0.05, 0.1) is 16.1 Å². The van der Waals surface area contributed by atoms with Crippen molar-refractivity contribution in [3.8, 4) is 5.88 Å². The number of aromatic hydroxyl groups is 1. The number of nitrogens with one attached hydrogen (secondary N) is 1. The van der Waals surface area contributed by atoms with E-state index in [0.717, 1.165) is 19.9 Å². The van der Waals surface area contributed by atoms with Gasteiger partial charge in [0.25, 0.3) is 15.9 Å². The molecule has 0 fully saturated rings. The fourth-order valence-corrected chi connectivity index (χ4v) is 5.32. The molecule has 0 atom stereocenters. The summed E-state index contributed by atoms with van der Waals surface area (Å²) in [5.74, 6) is -1.07. The molecule has 0 aliphatic carbocycles. The van der Waals surface area contributed by atoms with Gasteiger partial charge < -0.3 is 10.1 Å². The average Bonchev–Trinajstić information content (AvgIpc) is 3.12. The van der Waals surface area contributed by atoms with E-state index in [1.807, 2.05) is 13.8 Å². The SMILES string of the molecule is Cc1ccc(N(CC(=O)N=Nc2c(O)[nH]c3ccc(Br)cc23)S(=O)(=O)c2ccc(Cl)cc2)cc1C. The summed E-state index contributed by atoms with van der Waals surface area (Å²) >= 11 is 9.28. The fourth-order valence-electron chi connectivity index (χ4n) is 3.43. The van der Waals surface area contributed by atoms with Crippen molar-refractivity contribution in [3.05, 3.63) is 81.3 Å². The number of amides is 1. The van der Waals surface area contributed by atoms with Crippen molar-refractivity contribution in [2.45, 2.75) is 18.7 Å². The Morgan fingerprint density at radius 1 is 1.06 bits per heavy atom. The van der Waals surface area contributed by atoms with E-state index in [-0.39, 0.29) is 16.5 Å². The molecule has 0 radical (unpaired) electrons. The maximum atomic E-state index is 13.5. The Morgan fingerprint density at radius 2 is 1.77 bits per heavy atom. The first kappa shape index (κ1) is 24.9. The molecule has 3 aromatic carbocycles. The largest absolute Gasteiger partial charge is 0.493 e. The van der Waals surface area contributed by atoms with Crippen LogP contribution in [-0.4, -0.2) is 31.0 Å². The highest BCUT2D eigenvalue weighted by molar-refractivity contribution is 9.10. The van der Waals surface area contributed by atoms with E-state index in [9.17, 15) is 18.3 Å². The predicted octanol–water partition coefficient (Wildman–Crippen LogP) is 6.41. The van der Waals surface area contributed by atoms with E-state index in [1.54, 1.807) is 36.4 Å². The minimum atomic E-state index is -4.13. The number of aromatic amines is 1. The van der Waals surface area contributed by atoms with E-state index in [1.165, 1.54) is 24.3 Å². The predicted molar refractivity (Wildman–Crippen MR) is 139 cm³/mol. The number of nitrogens with zero attached hydrogens (tertiary/aromatic N) is 3. The number of anilines is 1. The number of azo groups is 1. The van der Waals surface area contributed by atoms with Crippen LogP contribution in [0.25, 0.3) is 10.9 Å². The van der Waals surface area contributed by atoms with Crippen LogP contribution in [-0.2, 0) is 14.8 Å². The van der Waals surface area contributed by atoms with Crippen molar-refractivity contribution in [1.82, 2.24) is 4.98 Å². The van der Waals surface area contributed by atoms with Crippen LogP contribution < -0.4 is 4.31 Å². The Morgan fingerprint density at radius 3 is 2.46 bits per heavy atom. The van der Waals surface area contributed by atoms with E-state index in [2.05, 4.69) is 31.1 Å². The van der Waals surface area contributed by atoms with Crippen molar-refractivity contribution in [2.24, 2.45) is 10.2 Å². The van der Waals surface area contributed by atoms with E-state index >= 15 is 0 Å². The van der Waals surface area contributed by atoms with Gasteiger partial charge in [-0.25, -0.2) is 8.42 Å². The number of aryl methyl sites for hydroxylation is 2. The molecule has 2 N–H and O–H groups in total. The van der Waals surface area contributed by atoms with Crippen LogP contribution in [0.3, 0.4) is 0 Å². The molecule has 0 bridgehead atoms. The summed E-state index contributed by atoms with van der Waals surface area (Å²) < 4.78 is 28.7. The van der Waals surface area contributed by atoms with Crippen LogP contribution in [0.2, 0.25) is 5.02 Å². The zero-order valence-electron chi connectivity index (χ0n) is 18.7. The number of carbonyl (C=O) groups excluding carboxylic acids is 1. The molecule has 11 heteroatoms. The van der Waals surface area contributed by atoms with Gasteiger partial charge in [0.1, 0.15) is 6.54 Å². The third-order valence-corrected chi connectivity index (χ3v) is 7.97. The van der Waals surface area contributed by atoms with Crippen LogP contribution in [0.5, 0.6) is 5.88 Å². The van der Waals surface area contributed by atoms with E-state index < -0.39 is 22.5 Å². The Bertz CT molecular complexity index is 1570. The minimum Gasteiger partial charge on any atom is -0.493 e. The van der Waals surface area contributed by atoms with Crippen LogP contribution in [0.4, 0.5) is 11.4 Å². The Labute approximate surface area is 215 Å². The van der Waals surface area contributed by atoms with Crippen molar-refractivity contribution in [1.29, 1.82) is 0 Å². The molecule has 4 rings (SSSR count).